The highest BCUT2D eigenvalue weighted by Crippen LogP contribution is 2.37. The molecule has 0 aliphatic carbocycles. The van der Waals surface area contributed by atoms with Gasteiger partial charge in [0.05, 0.1) is 25.2 Å². The lowest BCUT2D eigenvalue weighted by molar-refractivity contribution is -0.119. The van der Waals surface area contributed by atoms with Crippen molar-refractivity contribution in [2.45, 2.75) is 25.4 Å². The van der Waals surface area contributed by atoms with Crippen molar-refractivity contribution in [2.24, 2.45) is 0 Å². The number of Topliss-reactive ketones (excluding diaryl/α,β-unsaturated/α-hetero) is 1. The van der Waals surface area contributed by atoms with Crippen molar-refractivity contribution >= 4 is 17.4 Å². The van der Waals surface area contributed by atoms with Gasteiger partial charge in [0, 0.05) is 11.3 Å². The van der Waals surface area contributed by atoms with E-state index in [1.807, 2.05) is 13.8 Å². The van der Waals surface area contributed by atoms with Crippen molar-refractivity contribution in [2.75, 3.05) is 25.1 Å². The topological polar surface area (TPSA) is 64.6 Å². The second-order valence-electron chi connectivity index (χ2n) is 5.64. The van der Waals surface area contributed by atoms with Crippen LogP contribution >= 0.6 is 0 Å². The number of ketones is 1. The zero-order valence-electron chi connectivity index (χ0n) is 11.6. The summed E-state index contributed by atoms with van der Waals surface area (Å²) in [4.78, 5) is 24.3. The molecule has 5 nitrogen and oxygen atoms in total. The lowest BCUT2D eigenvalue weighted by Gasteiger charge is -2.22. The Morgan fingerprint density at radius 3 is 2.85 bits per heavy atom. The Morgan fingerprint density at radius 1 is 1.35 bits per heavy atom. The summed E-state index contributed by atoms with van der Waals surface area (Å²) in [6, 6.07) is 5.28. The summed E-state index contributed by atoms with van der Waals surface area (Å²) in [5.41, 5.74) is 1.57. The van der Waals surface area contributed by atoms with Crippen LogP contribution in [-0.2, 0) is 19.7 Å². The molecule has 0 radical (unpaired) electrons. The molecule has 2 aliphatic rings. The van der Waals surface area contributed by atoms with Crippen LogP contribution in [0.5, 0.6) is 0 Å². The molecule has 1 aromatic carbocycles. The van der Waals surface area contributed by atoms with Crippen LogP contribution in [-0.4, -0.2) is 37.6 Å². The molecule has 5 heteroatoms. The van der Waals surface area contributed by atoms with E-state index in [-0.39, 0.29) is 18.3 Å². The first kappa shape index (κ1) is 13.3. The van der Waals surface area contributed by atoms with E-state index in [1.165, 1.54) is 0 Å². The van der Waals surface area contributed by atoms with Crippen LogP contribution < -0.4 is 5.32 Å². The number of benzene rings is 1. The maximum Gasteiger partial charge on any atom is 0.234 e. The third-order valence-electron chi connectivity index (χ3n) is 3.90. The van der Waals surface area contributed by atoms with Crippen LogP contribution in [0.2, 0.25) is 0 Å². The summed E-state index contributed by atoms with van der Waals surface area (Å²) in [5, 5.41) is 2.83. The van der Waals surface area contributed by atoms with Crippen molar-refractivity contribution in [1.82, 2.24) is 0 Å². The van der Waals surface area contributed by atoms with Crippen molar-refractivity contribution in [1.29, 1.82) is 0 Å². The van der Waals surface area contributed by atoms with Gasteiger partial charge in [-0.15, -0.1) is 0 Å². The quantitative estimate of drug-likeness (QED) is 0.831. The fourth-order valence-electron chi connectivity index (χ4n) is 2.55. The number of hydrogen-bond acceptors (Lipinski definition) is 4. The number of hydrogen-bond donors (Lipinski definition) is 1. The number of carbonyl (C=O) groups excluding carboxylic acids is 2. The van der Waals surface area contributed by atoms with Crippen LogP contribution in [0.1, 0.15) is 29.8 Å². The second kappa shape index (κ2) is 4.68. The van der Waals surface area contributed by atoms with Gasteiger partial charge in [-0.3, -0.25) is 9.59 Å². The second-order valence-corrected chi connectivity index (χ2v) is 5.64. The molecule has 1 amide bonds. The number of nitrogens with one attached hydrogen (secondary N) is 1. The first-order chi connectivity index (χ1) is 9.50. The van der Waals surface area contributed by atoms with Crippen LogP contribution in [0.4, 0.5) is 5.69 Å². The highest BCUT2D eigenvalue weighted by molar-refractivity contribution is 6.07. The van der Waals surface area contributed by atoms with E-state index in [9.17, 15) is 9.59 Å². The Labute approximate surface area is 117 Å². The molecule has 3 rings (SSSR count). The molecule has 1 aromatic rings. The first-order valence-corrected chi connectivity index (χ1v) is 6.69. The van der Waals surface area contributed by atoms with E-state index in [0.29, 0.717) is 18.8 Å². The molecule has 0 bridgehead atoms. The van der Waals surface area contributed by atoms with Crippen LogP contribution in [0.15, 0.2) is 18.2 Å². The average molecular weight is 275 g/mol. The number of amides is 1. The Kier molecular flexibility index (Phi) is 3.11. The Hall–Kier alpha value is -1.72. The molecule has 2 aliphatic heterocycles. The van der Waals surface area contributed by atoms with E-state index in [1.54, 1.807) is 18.2 Å². The molecule has 0 aromatic heterocycles. The van der Waals surface area contributed by atoms with E-state index < -0.39 is 11.5 Å². The molecular formula is C15H17NO4. The Morgan fingerprint density at radius 2 is 2.15 bits per heavy atom. The van der Waals surface area contributed by atoms with Crippen molar-refractivity contribution in [3.63, 3.8) is 0 Å². The molecular weight excluding hydrogens is 258 g/mol. The van der Waals surface area contributed by atoms with Crippen LogP contribution in [0.3, 0.4) is 0 Å². The molecule has 1 fully saturated rings. The summed E-state index contributed by atoms with van der Waals surface area (Å²) in [6.07, 6.45) is -0.546. The van der Waals surface area contributed by atoms with Gasteiger partial charge in [-0.1, -0.05) is 0 Å². The standard InChI is InChI=1S/C15H17NO4/c1-15(2)10-7-9(3-4-11(10)16-14(15)18)13(17)12-8-19-5-6-20-12/h3-4,7,12H,5-6,8H2,1-2H3,(H,16,18). The van der Waals surface area contributed by atoms with Crippen LogP contribution in [0, 0.1) is 0 Å². The predicted molar refractivity (Wildman–Crippen MR) is 73.0 cm³/mol. The number of carbonyl (C=O) groups is 2. The fraction of sp³-hybridized carbons (Fsp3) is 0.467. The minimum Gasteiger partial charge on any atom is -0.376 e. The third-order valence-corrected chi connectivity index (χ3v) is 3.90. The monoisotopic (exact) mass is 275 g/mol. The fourth-order valence-corrected chi connectivity index (χ4v) is 2.55. The van der Waals surface area contributed by atoms with E-state index in [2.05, 4.69) is 5.32 Å². The van der Waals surface area contributed by atoms with E-state index in [4.69, 9.17) is 9.47 Å². The molecule has 1 saturated heterocycles. The van der Waals surface area contributed by atoms with Gasteiger partial charge in [0.15, 0.2) is 5.78 Å². The van der Waals surface area contributed by atoms with Gasteiger partial charge in [0.1, 0.15) is 6.10 Å². The van der Waals surface area contributed by atoms with Crippen molar-refractivity contribution in [3.05, 3.63) is 29.3 Å². The summed E-state index contributed by atoms with van der Waals surface area (Å²) in [5.74, 6) is -0.142. The molecule has 0 saturated carbocycles. The van der Waals surface area contributed by atoms with E-state index >= 15 is 0 Å². The summed E-state index contributed by atoms with van der Waals surface area (Å²) >= 11 is 0. The van der Waals surface area contributed by atoms with Crippen LogP contribution in [0.25, 0.3) is 0 Å². The number of fused-ring (bicyclic) bond motifs is 1. The van der Waals surface area contributed by atoms with Crippen molar-refractivity contribution in [3.8, 4) is 0 Å². The molecule has 20 heavy (non-hydrogen) atoms. The molecule has 0 spiro atoms. The highest BCUT2D eigenvalue weighted by Gasteiger charge is 2.39. The molecule has 1 N–H and O–H groups in total. The van der Waals surface area contributed by atoms with Gasteiger partial charge in [-0.2, -0.15) is 0 Å². The van der Waals surface area contributed by atoms with E-state index in [0.717, 1.165) is 11.3 Å². The van der Waals surface area contributed by atoms with Crippen molar-refractivity contribution < 1.29 is 19.1 Å². The van der Waals surface area contributed by atoms with Gasteiger partial charge in [0.25, 0.3) is 0 Å². The minimum atomic E-state index is -0.616. The lowest BCUT2D eigenvalue weighted by Crippen LogP contribution is -2.35. The summed E-state index contributed by atoms with van der Waals surface area (Å²) in [7, 11) is 0. The number of ether oxygens (including phenoxy) is 2. The SMILES string of the molecule is CC1(C)C(=O)Nc2ccc(C(=O)C3COCCO3)cc21. The van der Waals surface area contributed by atoms with Gasteiger partial charge in [-0.25, -0.2) is 0 Å². The summed E-state index contributed by atoms with van der Waals surface area (Å²) < 4.78 is 10.7. The zero-order chi connectivity index (χ0) is 14.3. The molecule has 1 unspecified atom stereocenters. The Balaban J connectivity index is 1.91. The molecule has 106 valence electrons. The third kappa shape index (κ3) is 2.03. The number of rotatable bonds is 2. The van der Waals surface area contributed by atoms with Gasteiger partial charge in [0.2, 0.25) is 5.91 Å². The van der Waals surface area contributed by atoms with Gasteiger partial charge in [-0.05, 0) is 37.6 Å². The lowest BCUT2D eigenvalue weighted by atomic mass is 9.85. The average Bonchev–Trinajstić information content (AvgIpc) is 2.69. The molecule has 2 heterocycles. The highest BCUT2D eigenvalue weighted by atomic mass is 16.6. The maximum atomic E-state index is 12.4. The Bertz CT molecular complexity index is 573. The van der Waals surface area contributed by atoms with Gasteiger partial charge < -0.3 is 14.8 Å². The van der Waals surface area contributed by atoms with Gasteiger partial charge >= 0.3 is 0 Å². The largest absolute Gasteiger partial charge is 0.376 e. The first-order valence-electron chi connectivity index (χ1n) is 6.69. The minimum absolute atomic E-state index is 0.0469. The zero-order valence-corrected chi connectivity index (χ0v) is 11.6. The number of anilines is 1. The molecule has 1 atom stereocenters. The predicted octanol–water partition coefficient (Wildman–Crippen LogP) is 1.51. The maximum absolute atomic E-state index is 12.4. The summed E-state index contributed by atoms with van der Waals surface area (Å²) in [6.45, 7) is 4.95. The normalized spacial score (nSPS) is 24.1. The smallest absolute Gasteiger partial charge is 0.234 e.